The number of aryl methyl sites for hydroxylation is 1. The summed E-state index contributed by atoms with van der Waals surface area (Å²) in [4.78, 5) is 19.8. The van der Waals surface area contributed by atoms with Gasteiger partial charge in [0.15, 0.2) is 5.82 Å². The number of amides is 1. The predicted octanol–water partition coefficient (Wildman–Crippen LogP) is 3.06. The zero-order valence-corrected chi connectivity index (χ0v) is 13.9. The Bertz CT molecular complexity index is 848. The molecule has 3 aromatic rings. The van der Waals surface area contributed by atoms with E-state index in [4.69, 9.17) is 0 Å². The minimum Gasteiger partial charge on any atom is -0.357 e. The molecule has 0 fully saturated rings. The second kappa shape index (κ2) is 6.66. The molecule has 0 aliphatic heterocycles. The van der Waals surface area contributed by atoms with Gasteiger partial charge in [0, 0.05) is 12.2 Å². The average molecular weight is 324 g/mol. The lowest BCUT2D eigenvalue weighted by molar-refractivity contribution is 0.102. The highest BCUT2D eigenvalue weighted by Gasteiger charge is 2.13. The van der Waals surface area contributed by atoms with Crippen molar-refractivity contribution in [2.75, 3.05) is 5.32 Å². The number of anilines is 1. The Kier molecular flexibility index (Phi) is 4.41. The summed E-state index contributed by atoms with van der Waals surface area (Å²) in [5, 5.41) is 10.9. The largest absolute Gasteiger partial charge is 0.357 e. The summed E-state index contributed by atoms with van der Waals surface area (Å²) < 4.78 is 1.94. The van der Waals surface area contributed by atoms with Crippen molar-refractivity contribution in [3.05, 3.63) is 48.0 Å². The lowest BCUT2D eigenvalue weighted by Crippen LogP contribution is -2.13. The standard InChI is InChI=1S/C17H20N6O/c1-4-12-8-14(18-9-12)17(24)21-15-7-5-6-13(20-15)16-22-19-10-23(16)11(2)3/h5-11,18H,4H2,1-3H3,(H,20,21,24). The zero-order chi connectivity index (χ0) is 17.1. The van der Waals surface area contributed by atoms with E-state index in [9.17, 15) is 4.79 Å². The van der Waals surface area contributed by atoms with Crippen LogP contribution >= 0.6 is 0 Å². The summed E-state index contributed by atoms with van der Waals surface area (Å²) in [5.41, 5.74) is 2.27. The average Bonchev–Trinajstić information content (AvgIpc) is 3.24. The number of H-pyrrole nitrogens is 1. The van der Waals surface area contributed by atoms with Crippen LogP contribution in [0.4, 0.5) is 5.82 Å². The van der Waals surface area contributed by atoms with E-state index >= 15 is 0 Å². The van der Waals surface area contributed by atoms with Crippen molar-refractivity contribution in [1.82, 2.24) is 24.7 Å². The molecule has 0 spiro atoms. The first-order valence-corrected chi connectivity index (χ1v) is 7.94. The van der Waals surface area contributed by atoms with E-state index in [1.54, 1.807) is 12.4 Å². The van der Waals surface area contributed by atoms with Crippen molar-refractivity contribution in [3.8, 4) is 11.5 Å². The van der Waals surface area contributed by atoms with Crippen molar-refractivity contribution < 1.29 is 4.79 Å². The van der Waals surface area contributed by atoms with Crippen LogP contribution in [0.25, 0.3) is 11.5 Å². The van der Waals surface area contributed by atoms with Gasteiger partial charge in [0.25, 0.3) is 5.91 Å². The molecule has 0 atom stereocenters. The van der Waals surface area contributed by atoms with Crippen LogP contribution in [0, 0.1) is 0 Å². The highest BCUT2D eigenvalue weighted by atomic mass is 16.1. The second-order valence-electron chi connectivity index (χ2n) is 5.79. The maximum atomic E-state index is 12.3. The third-order valence-electron chi connectivity index (χ3n) is 3.74. The smallest absolute Gasteiger partial charge is 0.273 e. The summed E-state index contributed by atoms with van der Waals surface area (Å²) >= 11 is 0. The van der Waals surface area contributed by atoms with Gasteiger partial charge in [-0.25, -0.2) is 4.98 Å². The molecule has 0 bridgehead atoms. The second-order valence-corrected chi connectivity index (χ2v) is 5.79. The summed E-state index contributed by atoms with van der Waals surface area (Å²) in [6, 6.07) is 7.50. The molecule has 2 N–H and O–H groups in total. The van der Waals surface area contributed by atoms with Crippen molar-refractivity contribution in [3.63, 3.8) is 0 Å². The molecule has 0 aromatic carbocycles. The Morgan fingerprint density at radius 2 is 2.21 bits per heavy atom. The molecule has 7 nitrogen and oxygen atoms in total. The molecular formula is C17H20N6O. The lowest BCUT2D eigenvalue weighted by atomic mass is 10.2. The number of nitrogens with zero attached hydrogens (tertiary/aromatic N) is 4. The van der Waals surface area contributed by atoms with Crippen LogP contribution in [0.3, 0.4) is 0 Å². The highest BCUT2D eigenvalue weighted by Crippen LogP contribution is 2.20. The maximum Gasteiger partial charge on any atom is 0.273 e. The van der Waals surface area contributed by atoms with E-state index in [-0.39, 0.29) is 11.9 Å². The fourth-order valence-electron chi connectivity index (χ4n) is 2.39. The van der Waals surface area contributed by atoms with Gasteiger partial charge in [-0.1, -0.05) is 13.0 Å². The Labute approximate surface area is 140 Å². The molecular weight excluding hydrogens is 304 g/mol. The SMILES string of the molecule is CCc1c[nH]c(C(=O)Nc2cccc(-c3nncn3C(C)C)n2)c1. The molecule has 3 rings (SSSR count). The molecule has 24 heavy (non-hydrogen) atoms. The number of aromatic amines is 1. The topological polar surface area (TPSA) is 88.5 Å². The molecule has 0 saturated heterocycles. The van der Waals surface area contributed by atoms with E-state index < -0.39 is 0 Å². The Morgan fingerprint density at radius 3 is 2.92 bits per heavy atom. The first kappa shape index (κ1) is 15.9. The third kappa shape index (κ3) is 3.19. The van der Waals surface area contributed by atoms with Gasteiger partial charge < -0.3 is 14.9 Å². The van der Waals surface area contributed by atoms with E-state index in [0.29, 0.717) is 23.0 Å². The molecule has 7 heteroatoms. The number of pyridine rings is 1. The summed E-state index contributed by atoms with van der Waals surface area (Å²) in [7, 11) is 0. The Balaban J connectivity index is 1.83. The first-order chi connectivity index (χ1) is 11.6. The number of hydrogen-bond donors (Lipinski definition) is 2. The number of rotatable bonds is 5. The zero-order valence-electron chi connectivity index (χ0n) is 13.9. The molecule has 0 radical (unpaired) electrons. The number of hydrogen-bond acceptors (Lipinski definition) is 4. The van der Waals surface area contributed by atoms with Crippen LogP contribution in [-0.4, -0.2) is 30.6 Å². The highest BCUT2D eigenvalue weighted by molar-refractivity contribution is 6.02. The number of nitrogens with one attached hydrogen (secondary N) is 2. The van der Waals surface area contributed by atoms with Crippen LogP contribution in [0.15, 0.2) is 36.8 Å². The third-order valence-corrected chi connectivity index (χ3v) is 3.74. The van der Waals surface area contributed by atoms with Crippen LogP contribution < -0.4 is 5.32 Å². The molecule has 0 aliphatic rings. The van der Waals surface area contributed by atoms with Crippen molar-refractivity contribution in [1.29, 1.82) is 0 Å². The molecule has 0 unspecified atom stereocenters. The summed E-state index contributed by atoms with van der Waals surface area (Å²) in [6.45, 7) is 6.14. The van der Waals surface area contributed by atoms with E-state index in [0.717, 1.165) is 12.0 Å². The van der Waals surface area contributed by atoms with Crippen LogP contribution in [0.1, 0.15) is 42.9 Å². The van der Waals surface area contributed by atoms with Crippen LogP contribution in [0.5, 0.6) is 0 Å². The molecule has 0 saturated carbocycles. The van der Waals surface area contributed by atoms with E-state index in [2.05, 4.69) is 39.3 Å². The van der Waals surface area contributed by atoms with E-state index in [1.807, 2.05) is 35.9 Å². The number of carbonyl (C=O) groups is 1. The fraction of sp³-hybridized carbons (Fsp3) is 0.294. The molecule has 0 aliphatic carbocycles. The minimum atomic E-state index is -0.218. The predicted molar refractivity (Wildman–Crippen MR) is 91.8 cm³/mol. The van der Waals surface area contributed by atoms with Crippen LogP contribution in [0.2, 0.25) is 0 Å². The van der Waals surface area contributed by atoms with Gasteiger partial charge in [-0.2, -0.15) is 0 Å². The van der Waals surface area contributed by atoms with Gasteiger partial charge >= 0.3 is 0 Å². The first-order valence-electron chi connectivity index (χ1n) is 7.94. The quantitative estimate of drug-likeness (QED) is 0.755. The van der Waals surface area contributed by atoms with Crippen molar-refractivity contribution >= 4 is 11.7 Å². The fourth-order valence-corrected chi connectivity index (χ4v) is 2.39. The Morgan fingerprint density at radius 1 is 1.38 bits per heavy atom. The number of aromatic nitrogens is 5. The van der Waals surface area contributed by atoms with Crippen LogP contribution in [-0.2, 0) is 6.42 Å². The molecule has 3 aromatic heterocycles. The van der Waals surface area contributed by atoms with Gasteiger partial charge in [0.05, 0.1) is 0 Å². The monoisotopic (exact) mass is 324 g/mol. The number of carbonyl (C=O) groups excluding carboxylic acids is 1. The molecule has 3 heterocycles. The van der Waals surface area contributed by atoms with Gasteiger partial charge in [-0.05, 0) is 44.0 Å². The molecule has 124 valence electrons. The van der Waals surface area contributed by atoms with Gasteiger partial charge in [0.2, 0.25) is 0 Å². The maximum absolute atomic E-state index is 12.3. The van der Waals surface area contributed by atoms with E-state index in [1.165, 1.54) is 0 Å². The molecule has 1 amide bonds. The summed E-state index contributed by atoms with van der Waals surface area (Å²) in [5.74, 6) is 0.933. The van der Waals surface area contributed by atoms with Gasteiger partial charge in [0.1, 0.15) is 23.5 Å². The summed E-state index contributed by atoms with van der Waals surface area (Å²) in [6.07, 6.45) is 4.39. The van der Waals surface area contributed by atoms with Gasteiger partial charge in [-0.15, -0.1) is 10.2 Å². The Hall–Kier alpha value is -2.96. The normalized spacial score (nSPS) is 11.0. The van der Waals surface area contributed by atoms with Crippen molar-refractivity contribution in [2.24, 2.45) is 0 Å². The van der Waals surface area contributed by atoms with Gasteiger partial charge in [-0.3, -0.25) is 4.79 Å². The minimum absolute atomic E-state index is 0.218. The van der Waals surface area contributed by atoms with Crippen molar-refractivity contribution in [2.45, 2.75) is 33.2 Å². The lowest BCUT2D eigenvalue weighted by Gasteiger charge is -2.10.